The molecule has 0 bridgehead atoms. The molecule has 0 saturated heterocycles. The van der Waals surface area contributed by atoms with Gasteiger partial charge in [0.25, 0.3) is 0 Å². The van der Waals surface area contributed by atoms with Crippen LogP contribution in [0.25, 0.3) is 0 Å². The zero-order chi connectivity index (χ0) is 13.4. The van der Waals surface area contributed by atoms with Gasteiger partial charge in [-0.3, -0.25) is 4.99 Å². The van der Waals surface area contributed by atoms with Crippen molar-refractivity contribution in [3.05, 3.63) is 42.5 Å². The number of nitrogens with one attached hydrogen (secondary N) is 2. The van der Waals surface area contributed by atoms with Crippen LogP contribution in [0.5, 0.6) is 0 Å². The molecule has 0 heterocycles. The van der Waals surface area contributed by atoms with E-state index in [-0.39, 0.29) is 24.0 Å². The van der Waals surface area contributed by atoms with Crippen molar-refractivity contribution in [2.75, 3.05) is 32.6 Å². The van der Waals surface area contributed by atoms with Gasteiger partial charge in [0.05, 0.1) is 0 Å². The zero-order valence-electron chi connectivity index (χ0n) is 11.8. The van der Waals surface area contributed by atoms with Gasteiger partial charge in [-0.15, -0.1) is 30.6 Å². The van der Waals surface area contributed by atoms with E-state index in [0.29, 0.717) is 6.54 Å². The molecule has 0 fully saturated rings. The van der Waals surface area contributed by atoms with Crippen molar-refractivity contribution < 1.29 is 0 Å². The number of hydrogen-bond acceptors (Lipinski definition) is 2. The third kappa shape index (κ3) is 6.47. The summed E-state index contributed by atoms with van der Waals surface area (Å²) in [6.07, 6.45) is 1.81. The Hall–Kier alpha value is -1.24. The average molecular weight is 374 g/mol. The molecule has 4 nitrogen and oxygen atoms in total. The third-order valence-corrected chi connectivity index (χ3v) is 2.52. The summed E-state index contributed by atoms with van der Waals surface area (Å²) >= 11 is 0. The van der Waals surface area contributed by atoms with Gasteiger partial charge in [0.1, 0.15) is 0 Å². The third-order valence-electron chi connectivity index (χ3n) is 2.52. The molecule has 0 aliphatic heterocycles. The fraction of sp³-hybridized carbons (Fsp3) is 0.357. The Morgan fingerprint density at radius 3 is 2.68 bits per heavy atom. The van der Waals surface area contributed by atoms with E-state index in [4.69, 9.17) is 0 Å². The number of anilines is 1. The topological polar surface area (TPSA) is 39.7 Å². The van der Waals surface area contributed by atoms with Crippen molar-refractivity contribution >= 4 is 35.6 Å². The van der Waals surface area contributed by atoms with Crippen LogP contribution in [-0.4, -0.2) is 33.6 Å². The summed E-state index contributed by atoms with van der Waals surface area (Å²) in [5, 5.41) is 6.40. The molecule has 0 aromatic heterocycles. The van der Waals surface area contributed by atoms with Crippen molar-refractivity contribution in [1.82, 2.24) is 10.6 Å². The second-order valence-corrected chi connectivity index (χ2v) is 4.16. The van der Waals surface area contributed by atoms with Crippen LogP contribution in [-0.2, 0) is 6.54 Å². The standard InChI is InChI=1S/C14H22N4.HI/c1-5-9-16-14(15-2)17-11-12-7-6-8-13(10-12)18(3)4;/h5-8,10H,1,9,11H2,2-4H3,(H2,15,16,17);1H. The molecule has 0 amide bonds. The largest absolute Gasteiger partial charge is 0.378 e. The van der Waals surface area contributed by atoms with Gasteiger partial charge in [0, 0.05) is 39.9 Å². The van der Waals surface area contributed by atoms with E-state index in [2.05, 4.69) is 51.4 Å². The maximum atomic E-state index is 4.13. The highest BCUT2D eigenvalue weighted by atomic mass is 127. The van der Waals surface area contributed by atoms with E-state index in [9.17, 15) is 0 Å². The molecule has 0 aliphatic rings. The normalized spacial score (nSPS) is 10.4. The smallest absolute Gasteiger partial charge is 0.191 e. The van der Waals surface area contributed by atoms with E-state index in [1.54, 1.807) is 13.1 Å². The van der Waals surface area contributed by atoms with Gasteiger partial charge in [0.15, 0.2) is 5.96 Å². The van der Waals surface area contributed by atoms with Gasteiger partial charge in [-0.1, -0.05) is 18.2 Å². The molecule has 0 radical (unpaired) electrons. The van der Waals surface area contributed by atoms with E-state index < -0.39 is 0 Å². The lowest BCUT2D eigenvalue weighted by atomic mass is 10.2. The fourth-order valence-electron chi connectivity index (χ4n) is 1.52. The number of aliphatic imine (C=N–C) groups is 1. The van der Waals surface area contributed by atoms with E-state index in [1.165, 1.54) is 11.3 Å². The van der Waals surface area contributed by atoms with Crippen LogP contribution in [0.1, 0.15) is 5.56 Å². The van der Waals surface area contributed by atoms with E-state index in [0.717, 1.165) is 12.5 Å². The first-order valence-corrected chi connectivity index (χ1v) is 5.99. The van der Waals surface area contributed by atoms with Crippen LogP contribution < -0.4 is 15.5 Å². The predicted octanol–water partition coefficient (Wildman–Crippen LogP) is 2.22. The molecule has 0 atom stereocenters. The number of hydrogen-bond donors (Lipinski definition) is 2. The molecule has 2 N–H and O–H groups in total. The van der Waals surface area contributed by atoms with Crippen LogP contribution in [0.3, 0.4) is 0 Å². The first-order valence-electron chi connectivity index (χ1n) is 5.99. The Kier molecular flexibility index (Phi) is 9.03. The second kappa shape index (κ2) is 9.66. The molecule has 0 spiro atoms. The van der Waals surface area contributed by atoms with E-state index in [1.807, 2.05) is 14.1 Å². The Morgan fingerprint density at radius 2 is 2.11 bits per heavy atom. The maximum Gasteiger partial charge on any atom is 0.191 e. The van der Waals surface area contributed by atoms with Gasteiger partial charge in [-0.05, 0) is 17.7 Å². The molecule has 5 heteroatoms. The Morgan fingerprint density at radius 1 is 1.37 bits per heavy atom. The zero-order valence-corrected chi connectivity index (χ0v) is 14.1. The summed E-state index contributed by atoms with van der Waals surface area (Å²) in [7, 11) is 5.84. The minimum atomic E-state index is 0. The van der Waals surface area contributed by atoms with Crippen LogP contribution >= 0.6 is 24.0 Å². The van der Waals surface area contributed by atoms with Crippen LogP contribution in [0.15, 0.2) is 41.9 Å². The fourth-order valence-corrected chi connectivity index (χ4v) is 1.52. The van der Waals surface area contributed by atoms with Crippen molar-refractivity contribution in [1.29, 1.82) is 0 Å². The molecular formula is C14H23IN4. The lowest BCUT2D eigenvalue weighted by Gasteiger charge is -2.15. The molecule has 1 aromatic carbocycles. The molecule has 0 saturated carbocycles. The Labute approximate surface area is 133 Å². The highest BCUT2D eigenvalue weighted by Gasteiger charge is 1.99. The molecule has 1 aromatic rings. The van der Waals surface area contributed by atoms with Crippen molar-refractivity contribution in [3.63, 3.8) is 0 Å². The lowest BCUT2D eigenvalue weighted by molar-refractivity contribution is 0.847. The quantitative estimate of drug-likeness (QED) is 0.359. The summed E-state index contributed by atoms with van der Waals surface area (Å²) in [4.78, 5) is 6.23. The summed E-state index contributed by atoms with van der Waals surface area (Å²) in [5.74, 6) is 0.783. The van der Waals surface area contributed by atoms with E-state index >= 15 is 0 Å². The number of guanidine groups is 1. The Bertz CT molecular complexity index is 416. The summed E-state index contributed by atoms with van der Waals surface area (Å²) in [6.45, 7) is 5.12. The molecule has 0 aliphatic carbocycles. The minimum Gasteiger partial charge on any atom is -0.378 e. The van der Waals surface area contributed by atoms with Crippen molar-refractivity contribution in [2.24, 2.45) is 4.99 Å². The molecule has 19 heavy (non-hydrogen) atoms. The first-order chi connectivity index (χ1) is 8.67. The summed E-state index contributed by atoms with van der Waals surface area (Å²) < 4.78 is 0. The lowest BCUT2D eigenvalue weighted by Crippen LogP contribution is -2.36. The first kappa shape index (κ1) is 17.8. The number of rotatable bonds is 5. The van der Waals surface area contributed by atoms with Crippen LogP contribution in [0.4, 0.5) is 5.69 Å². The van der Waals surface area contributed by atoms with Gasteiger partial charge >= 0.3 is 0 Å². The minimum absolute atomic E-state index is 0. The van der Waals surface area contributed by atoms with Gasteiger partial charge < -0.3 is 15.5 Å². The molecular weight excluding hydrogens is 351 g/mol. The van der Waals surface area contributed by atoms with Crippen LogP contribution in [0, 0.1) is 0 Å². The van der Waals surface area contributed by atoms with Crippen molar-refractivity contribution in [3.8, 4) is 0 Å². The average Bonchev–Trinajstić information content (AvgIpc) is 2.39. The SMILES string of the molecule is C=CCNC(=NC)NCc1cccc(N(C)C)c1.I. The second-order valence-electron chi connectivity index (χ2n) is 4.16. The van der Waals surface area contributed by atoms with Crippen molar-refractivity contribution in [2.45, 2.75) is 6.54 Å². The number of halogens is 1. The summed E-state index contributed by atoms with van der Waals surface area (Å²) in [5.41, 5.74) is 2.42. The summed E-state index contributed by atoms with van der Waals surface area (Å²) in [6, 6.07) is 8.41. The van der Waals surface area contributed by atoms with Gasteiger partial charge in [0.2, 0.25) is 0 Å². The Balaban J connectivity index is 0.00000324. The molecule has 0 unspecified atom stereocenters. The predicted molar refractivity (Wildman–Crippen MR) is 94.6 cm³/mol. The monoisotopic (exact) mass is 374 g/mol. The number of benzene rings is 1. The van der Waals surface area contributed by atoms with Crippen LogP contribution in [0.2, 0.25) is 0 Å². The highest BCUT2D eigenvalue weighted by molar-refractivity contribution is 14.0. The van der Waals surface area contributed by atoms with Gasteiger partial charge in [-0.2, -0.15) is 0 Å². The molecule has 1 rings (SSSR count). The van der Waals surface area contributed by atoms with Gasteiger partial charge in [-0.25, -0.2) is 0 Å². The highest BCUT2D eigenvalue weighted by Crippen LogP contribution is 2.12. The molecule has 106 valence electrons. The maximum absolute atomic E-state index is 4.13. The number of nitrogens with zero attached hydrogens (tertiary/aromatic N) is 2.